The van der Waals surface area contributed by atoms with Crippen LogP contribution < -0.4 is 4.90 Å². The number of hydrogen-bond donors (Lipinski definition) is 1. The van der Waals surface area contributed by atoms with Crippen LogP contribution in [0.25, 0.3) is 10.9 Å². The van der Waals surface area contributed by atoms with E-state index in [-0.39, 0.29) is 12.5 Å². The number of carbonyl (C=O) groups is 2. The predicted molar refractivity (Wildman–Crippen MR) is 118 cm³/mol. The summed E-state index contributed by atoms with van der Waals surface area (Å²) in [6.07, 6.45) is 0. The van der Waals surface area contributed by atoms with E-state index in [1.165, 1.54) is 18.3 Å². The summed E-state index contributed by atoms with van der Waals surface area (Å²) in [6.45, 7) is 5.52. The van der Waals surface area contributed by atoms with Crippen molar-refractivity contribution in [2.75, 3.05) is 4.90 Å². The summed E-state index contributed by atoms with van der Waals surface area (Å²) in [5.74, 6) is -0.573. The van der Waals surface area contributed by atoms with Crippen LogP contribution in [-0.2, 0) is 16.1 Å². The van der Waals surface area contributed by atoms with E-state index in [4.69, 9.17) is 4.74 Å². The molecule has 0 unspecified atom stereocenters. The maximum absolute atomic E-state index is 12.4. The first-order chi connectivity index (χ1) is 14.4. The molecule has 4 aromatic rings. The number of amides is 1. The van der Waals surface area contributed by atoms with Gasteiger partial charge in [0.05, 0.1) is 11.4 Å². The minimum Gasteiger partial charge on any atom is -0.454 e. The number of aromatic amines is 1. The fourth-order valence-electron chi connectivity index (χ4n) is 3.33. The topological polar surface area (TPSA) is 75.3 Å². The van der Waals surface area contributed by atoms with Crippen LogP contribution >= 0.6 is 11.3 Å². The zero-order valence-electron chi connectivity index (χ0n) is 16.9. The van der Waals surface area contributed by atoms with Gasteiger partial charge in [0.15, 0.2) is 5.13 Å². The number of anilines is 2. The van der Waals surface area contributed by atoms with Gasteiger partial charge in [-0.3, -0.25) is 9.69 Å². The molecule has 7 heteroatoms. The molecular formula is C23H21N3O3S. The molecule has 0 aliphatic heterocycles. The lowest BCUT2D eigenvalue weighted by atomic mass is 10.1. The summed E-state index contributed by atoms with van der Waals surface area (Å²) in [4.78, 5) is 33.9. The van der Waals surface area contributed by atoms with Gasteiger partial charge in [0.1, 0.15) is 12.3 Å². The van der Waals surface area contributed by atoms with E-state index >= 15 is 0 Å². The summed E-state index contributed by atoms with van der Waals surface area (Å²) in [5.41, 5.74) is 4.79. The minimum atomic E-state index is -0.446. The van der Waals surface area contributed by atoms with Crippen molar-refractivity contribution < 1.29 is 14.3 Å². The number of ether oxygens (including phenoxy) is 1. The van der Waals surface area contributed by atoms with Crippen LogP contribution in [0.1, 0.15) is 34.2 Å². The van der Waals surface area contributed by atoms with Crippen LogP contribution in [-0.4, -0.2) is 21.8 Å². The molecule has 2 heterocycles. The number of thiazole rings is 1. The second-order valence-corrected chi connectivity index (χ2v) is 7.95. The number of aromatic nitrogens is 2. The lowest BCUT2D eigenvalue weighted by Gasteiger charge is -2.20. The van der Waals surface area contributed by atoms with Crippen LogP contribution in [0.15, 0.2) is 53.9 Å². The van der Waals surface area contributed by atoms with Gasteiger partial charge in [-0.1, -0.05) is 35.9 Å². The van der Waals surface area contributed by atoms with Crippen molar-refractivity contribution in [2.45, 2.75) is 27.4 Å². The standard InChI is InChI=1S/C23H21N3O3S/c1-14-8-9-21(15(2)10-14)26(16(3)27)23-24-18(13-30-23)12-29-22(28)20-11-17-6-4-5-7-19(17)25-20/h4-11,13,25H,12H2,1-3H3. The van der Waals surface area contributed by atoms with Crippen LogP contribution in [0.5, 0.6) is 0 Å². The number of fused-ring (bicyclic) bond motifs is 1. The van der Waals surface area contributed by atoms with Gasteiger partial charge in [0.2, 0.25) is 5.91 Å². The third-order valence-corrected chi connectivity index (χ3v) is 5.61. The molecule has 0 atom stereocenters. The third-order valence-electron chi connectivity index (χ3n) is 4.74. The normalized spacial score (nSPS) is 10.9. The van der Waals surface area contributed by atoms with Crippen molar-refractivity contribution in [1.82, 2.24) is 9.97 Å². The Balaban J connectivity index is 1.50. The Morgan fingerprint density at radius 3 is 2.67 bits per heavy atom. The Morgan fingerprint density at radius 1 is 1.13 bits per heavy atom. The van der Waals surface area contributed by atoms with Gasteiger partial charge in [0.25, 0.3) is 0 Å². The van der Waals surface area contributed by atoms with Gasteiger partial charge in [-0.25, -0.2) is 9.78 Å². The molecule has 0 saturated heterocycles. The summed E-state index contributed by atoms with van der Waals surface area (Å²) >= 11 is 1.34. The van der Waals surface area contributed by atoms with Crippen LogP contribution in [0.3, 0.4) is 0 Å². The number of H-pyrrole nitrogens is 1. The Bertz CT molecular complexity index is 1210. The van der Waals surface area contributed by atoms with Gasteiger partial charge < -0.3 is 9.72 Å². The molecular weight excluding hydrogens is 398 g/mol. The lowest BCUT2D eigenvalue weighted by molar-refractivity contribution is -0.115. The highest BCUT2D eigenvalue weighted by molar-refractivity contribution is 7.14. The highest BCUT2D eigenvalue weighted by Crippen LogP contribution is 2.32. The number of esters is 1. The molecule has 1 N–H and O–H groups in total. The van der Waals surface area contributed by atoms with E-state index in [9.17, 15) is 9.59 Å². The van der Waals surface area contributed by atoms with E-state index in [0.29, 0.717) is 16.5 Å². The molecule has 1 amide bonds. The van der Waals surface area contributed by atoms with Gasteiger partial charge in [0, 0.05) is 23.2 Å². The number of aryl methyl sites for hydroxylation is 2. The molecule has 0 bridgehead atoms. The average Bonchev–Trinajstić information content (AvgIpc) is 3.35. The monoisotopic (exact) mass is 419 g/mol. The van der Waals surface area contributed by atoms with Crippen molar-refractivity contribution in [2.24, 2.45) is 0 Å². The molecule has 0 aliphatic rings. The summed E-state index contributed by atoms with van der Waals surface area (Å²) in [7, 11) is 0. The summed E-state index contributed by atoms with van der Waals surface area (Å²) in [5, 5.41) is 3.30. The van der Waals surface area contributed by atoms with Crippen LogP contribution in [0.2, 0.25) is 0 Å². The molecule has 6 nitrogen and oxygen atoms in total. The average molecular weight is 420 g/mol. The minimum absolute atomic E-state index is 0.0311. The molecule has 30 heavy (non-hydrogen) atoms. The Kier molecular flexibility index (Phi) is 5.37. The van der Waals surface area contributed by atoms with E-state index in [1.54, 1.807) is 16.3 Å². The van der Waals surface area contributed by atoms with E-state index in [2.05, 4.69) is 9.97 Å². The molecule has 2 aromatic heterocycles. The second-order valence-electron chi connectivity index (χ2n) is 7.11. The molecule has 0 saturated carbocycles. The molecule has 0 aliphatic carbocycles. The smallest absolute Gasteiger partial charge is 0.355 e. The van der Waals surface area contributed by atoms with Gasteiger partial charge >= 0.3 is 5.97 Å². The van der Waals surface area contributed by atoms with Crippen molar-refractivity contribution >= 4 is 44.9 Å². The maximum atomic E-state index is 12.4. The van der Waals surface area contributed by atoms with Gasteiger partial charge in [-0.2, -0.15) is 0 Å². The third kappa shape index (κ3) is 3.97. The predicted octanol–water partition coefficient (Wildman–Crippen LogP) is 5.28. The number of hydrogen-bond acceptors (Lipinski definition) is 5. The van der Waals surface area contributed by atoms with E-state index < -0.39 is 5.97 Å². The van der Waals surface area contributed by atoms with Crippen LogP contribution in [0.4, 0.5) is 10.8 Å². The van der Waals surface area contributed by atoms with Crippen molar-refractivity contribution in [3.05, 3.63) is 76.4 Å². The Hall–Kier alpha value is -3.45. The lowest BCUT2D eigenvalue weighted by Crippen LogP contribution is -2.23. The van der Waals surface area contributed by atoms with Crippen molar-refractivity contribution in [3.63, 3.8) is 0 Å². The Morgan fingerprint density at radius 2 is 1.93 bits per heavy atom. The molecule has 4 rings (SSSR count). The SMILES string of the molecule is CC(=O)N(c1nc(COC(=O)c2cc3ccccc3[nH]2)cs1)c1ccc(C)cc1C. The molecule has 152 valence electrons. The first-order valence-electron chi connectivity index (χ1n) is 9.49. The number of nitrogens with zero attached hydrogens (tertiary/aromatic N) is 2. The van der Waals surface area contributed by atoms with E-state index in [1.807, 2.05) is 56.3 Å². The first kappa shape index (κ1) is 19.8. The zero-order chi connectivity index (χ0) is 21.3. The van der Waals surface area contributed by atoms with Crippen molar-refractivity contribution in [3.8, 4) is 0 Å². The number of para-hydroxylation sites is 1. The molecule has 2 aromatic carbocycles. The highest BCUT2D eigenvalue weighted by atomic mass is 32.1. The number of nitrogens with one attached hydrogen (secondary N) is 1. The first-order valence-corrected chi connectivity index (χ1v) is 10.4. The Labute approximate surface area is 178 Å². The number of carbonyl (C=O) groups excluding carboxylic acids is 2. The summed E-state index contributed by atoms with van der Waals surface area (Å²) in [6, 6.07) is 15.3. The molecule has 0 radical (unpaired) electrons. The highest BCUT2D eigenvalue weighted by Gasteiger charge is 2.20. The second kappa shape index (κ2) is 8.12. The summed E-state index contributed by atoms with van der Waals surface area (Å²) < 4.78 is 5.41. The van der Waals surface area contributed by atoms with Crippen LogP contribution in [0, 0.1) is 13.8 Å². The zero-order valence-corrected chi connectivity index (χ0v) is 17.7. The molecule has 0 spiro atoms. The van der Waals surface area contributed by atoms with Crippen molar-refractivity contribution in [1.29, 1.82) is 0 Å². The quantitative estimate of drug-likeness (QED) is 0.447. The fraction of sp³-hybridized carbons (Fsp3) is 0.174. The molecule has 0 fully saturated rings. The number of rotatable bonds is 5. The largest absolute Gasteiger partial charge is 0.454 e. The maximum Gasteiger partial charge on any atom is 0.355 e. The van der Waals surface area contributed by atoms with Gasteiger partial charge in [-0.15, -0.1) is 11.3 Å². The fourth-order valence-corrected chi connectivity index (χ4v) is 4.19. The van der Waals surface area contributed by atoms with E-state index in [0.717, 1.165) is 27.7 Å². The van der Waals surface area contributed by atoms with Gasteiger partial charge in [-0.05, 0) is 37.6 Å². The number of benzene rings is 2.